The number of rotatable bonds is 3. The summed E-state index contributed by atoms with van der Waals surface area (Å²) in [6.45, 7) is 3.80. The van der Waals surface area contributed by atoms with E-state index in [1.165, 1.54) is 30.6 Å². The van der Waals surface area contributed by atoms with Gasteiger partial charge in [0.2, 0.25) is 5.91 Å². The van der Waals surface area contributed by atoms with E-state index in [0.29, 0.717) is 6.04 Å². The fraction of sp³-hybridized carbons (Fsp3) is 0.478. The summed E-state index contributed by atoms with van der Waals surface area (Å²) in [4.78, 5) is 30.7. The molecule has 2 atom stereocenters. The first-order chi connectivity index (χ1) is 13.6. The van der Waals surface area contributed by atoms with Gasteiger partial charge in [-0.3, -0.25) is 9.59 Å². The van der Waals surface area contributed by atoms with Crippen molar-refractivity contribution in [3.8, 4) is 0 Å². The van der Waals surface area contributed by atoms with Crippen LogP contribution < -0.4 is 4.90 Å². The second-order valence-electron chi connectivity index (χ2n) is 8.03. The van der Waals surface area contributed by atoms with Gasteiger partial charge in [0.05, 0.1) is 10.9 Å². The van der Waals surface area contributed by atoms with Crippen LogP contribution in [0.2, 0.25) is 0 Å². The Balaban J connectivity index is 1.72. The Kier molecular flexibility index (Phi) is 5.54. The molecule has 0 N–H and O–H groups in total. The Bertz CT molecular complexity index is 842. The van der Waals surface area contributed by atoms with Gasteiger partial charge in [-0.15, -0.1) is 11.3 Å². The molecule has 1 aliphatic carbocycles. The largest absolute Gasteiger partial charge is 0.333 e. The minimum Gasteiger partial charge on any atom is -0.333 e. The van der Waals surface area contributed by atoms with Crippen molar-refractivity contribution >= 4 is 28.8 Å². The number of para-hydroxylation sites is 1. The van der Waals surface area contributed by atoms with Crippen LogP contribution in [0.3, 0.4) is 0 Å². The van der Waals surface area contributed by atoms with E-state index in [9.17, 15) is 9.59 Å². The molecular formula is C23H28N2O2S. The SMILES string of the molecule is CC(=O)N(C1CCCCC1)C1CC(C)N(C(=O)c2cccs2)c2ccccc21. The number of carbonyl (C=O) groups is 2. The third kappa shape index (κ3) is 3.48. The molecule has 2 unspecified atom stereocenters. The molecule has 0 spiro atoms. The summed E-state index contributed by atoms with van der Waals surface area (Å²) in [5.74, 6) is 0.206. The van der Waals surface area contributed by atoms with Crippen molar-refractivity contribution in [2.45, 2.75) is 70.5 Å². The normalized spacial score (nSPS) is 22.6. The molecule has 0 saturated heterocycles. The topological polar surface area (TPSA) is 40.6 Å². The van der Waals surface area contributed by atoms with Gasteiger partial charge >= 0.3 is 0 Å². The van der Waals surface area contributed by atoms with Gasteiger partial charge in [-0.2, -0.15) is 0 Å². The van der Waals surface area contributed by atoms with Crippen molar-refractivity contribution in [1.29, 1.82) is 0 Å². The Morgan fingerprint density at radius 3 is 2.50 bits per heavy atom. The molecule has 148 valence electrons. The van der Waals surface area contributed by atoms with Crippen molar-refractivity contribution < 1.29 is 9.59 Å². The highest BCUT2D eigenvalue weighted by molar-refractivity contribution is 7.12. The summed E-state index contributed by atoms with van der Waals surface area (Å²) in [6.07, 6.45) is 6.62. The maximum Gasteiger partial charge on any atom is 0.268 e. The Morgan fingerprint density at radius 1 is 1.07 bits per heavy atom. The third-order valence-corrected chi connectivity index (χ3v) is 7.04. The molecule has 4 rings (SSSR count). The number of anilines is 1. The van der Waals surface area contributed by atoms with Crippen molar-refractivity contribution in [2.75, 3.05) is 4.90 Å². The van der Waals surface area contributed by atoms with Crippen molar-refractivity contribution in [3.63, 3.8) is 0 Å². The molecule has 28 heavy (non-hydrogen) atoms. The van der Waals surface area contributed by atoms with Crippen LogP contribution in [0, 0.1) is 0 Å². The number of hydrogen-bond donors (Lipinski definition) is 0. The molecule has 2 amide bonds. The maximum absolute atomic E-state index is 13.2. The molecule has 5 heteroatoms. The lowest BCUT2D eigenvalue weighted by Gasteiger charge is -2.46. The average molecular weight is 397 g/mol. The second kappa shape index (κ2) is 8.08. The van der Waals surface area contributed by atoms with Gasteiger partial charge in [-0.05, 0) is 49.3 Å². The average Bonchev–Trinajstić information content (AvgIpc) is 3.23. The summed E-state index contributed by atoms with van der Waals surface area (Å²) in [5.41, 5.74) is 2.05. The number of amides is 2. The maximum atomic E-state index is 13.2. The minimum absolute atomic E-state index is 0.0409. The van der Waals surface area contributed by atoms with Crippen molar-refractivity contribution in [3.05, 3.63) is 52.2 Å². The molecule has 4 nitrogen and oxygen atoms in total. The molecule has 0 bridgehead atoms. The van der Waals surface area contributed by atoms with E-state index in [0.717, 1.165) is 35.4 Å². The number of thiophene rings is 1. The number of benzene rings is 1. The van der Waals surface area contributed by atoms with Gasteiger partial charge in [-0.25, -0.2) is 0 Å². The smallest absolute Gasteiger partial charge is 0.268 e. The van der Waals surface area contributed by atoms with Crippen LogP contribution in [-0.2, 0) is 4.79 Å². The quantitative estimate of drug-likeness (QED) is 0.696. The van der Waals surface area contributed by atoms with E-state index in [1.54, 1.807) is 6.92 Å². The van der Waals surface area contributed by atoms with Crippen LogP contribution in [-0.4, -0.2) is 28.8 Å². The van der Waals surface area contributed by atoms with Crippen LogP contribution in [0.4, 0.5) is 5.69 Å². The molecule has 2 aliphatic rings. The van der Waals surface area contributed by atoms with Crippen molar-refractivity contribution in [2.24, 2.45) is 0 Å². The third-order valence-electron chi connectivity index (χ3n) is 6.18. The van der Waals surface area contributed by atoms with Crippen LogP contribution >= 0.6 is 11.3 Å². The lowest BCUT2D eigenvalue weighted by molar-refractivity contribution is -0.135. The molecule has 1 aromatic carbocycles. The molecule has 0 radical (unpaired) electrons. The van der Waals surface area contributed by atoms with Gasteiger partial charge in [-0.1, -0.05) is 43.5 Å². The standard InChI is InChI=1S/C23H28N2O2S/c1-16-15-21(25(17(2)26)18-9-4-3-5-10-18)19-11-6-7-12-20(19)24(16)23(27)22-13-8-14-28-22/h6-8,11-14,16,18,21H,3-5,9-10,15H2,1-2H3. The Hall–Kier alpha value is -2.14. The van der Waals surface area contributed by atoms with Gasteiger partial charge in [0, 0.05) is 24.7 Å². The highest BCUT2D eigenvalue weighted by Gasteiger charge is 2.40. The lowest BCUT2D eigenvalue weighted by Crippen LogP contribution is -2.50. The predicted octanol–water partition coefficient (Wildman–Crippen LogP) is 5.41. The zero-order chi connectivity index (χ0) is 19.7. The van der Waals surface area contributed by atoms with E-state index in [4.69, 9.17) is 0 Å². The molecule has 1 saturated carbocycles. The molecule has 1 aliphatic heterocycles. The summed E-state index contributed by atoms with van der Waals surface area (Å²) in [7, 11) is 0. The van der Waals surface area contributed by atoms with Gasteiger partial charge in [0.25, 0.3) is 5.91 Å². The number of fused-ring (bicyclic) bond motifs is 1. The van der Waals surface area contributed by atoms with Gasteiger partial charge < -0.3 is 9.80 Å². The fourth-order valence-corrected chi connectivity index (χ4v) is 5.62. The van der Waals surface area contributed by atoms with Gasteiger partial charge in [0.15, 0.2) is 0 Å². The summed E-state index contributed by atoms with van der Waals surface area (Å²) in [5, 5.41) is 1.94. The Labute approximate surface area is 171 Å². The number of hydrogen-bond acceptors (Lipinski definition) is 3. The highest BCUT2D eigenvalue weighted by Crippen LogP contribution is 2.43. The zero-order valence-electron chi connectivity index (χ0n) is 16.6. The summed E-state index contributed by atoms with van der Waals surface area (Å²) < 4.78 is 0. The molecule has 1 aromatic heterocycles. The van der Waals surface area contributed by atoms with Crippen LogP contribution in [0.1, 0.15) is 73.6 Å². The van der Waals surface area contributed by atoms with Crippen molar-refractivity contribution in [1.82, 2.24) is 4.90 Å². The summed E-state index contributed by atoms with van der Waals surface area (Å²) >= 11 is 1.48. The molecule has 1 fully saturated rings. The Morgan fingerprint density at radius 2 is 1.82 bits per heavy atom. The number of nitrogens with zero attached hydrogens (tertiary/aromatic N) is 2. The van der Waals surface area contributed by atoms with E-state index in [1.807, 2.05) is 40.6 Å². The minimum atomic E-state index is 0.0409. The van der Waals surface area contributed by atoms with Crippen LogP contribution in [0.25, 0.3) is 0 Å². The monoisotopic (exact) mass is 396 g/mol. The first-order valence-corrected chi connectivity index (χ1v) is 11.2. The molecule has 2 aromatic rings. The van der Waals surface area contributed by atoms with E-state index in [2.05, 4.69) is 17.9 Å². The van der Waals surface area contributed by atoms with E-state index < -0.39 is 0 Å². The molecular weight excluding hydrogens is 368 g/mol. The lowest BCUT2D eigenvalue weighted by atomic mass is 9.86. The van der Waals surface area contributed by atoms with Crippen LogP contribution in [0.5, 0.6) is 0 Å². The second-order valence-corrected chi connectivity index (χ2v) is 8.98. The van der Waals surface area contributed by atoms with Crippen LogP contribution in [0.15, 0.2) is 41.8 Å². The highest BCUT2D eigenvalue weighted by atomic mass is 32.1. The first kappa shape index (κ1) is 19.2. The van der Waals surface area contributed by atoms with E-state index in [-0.39, 0.29) is 23.9 Å². The fourth-order valence-electron chi connectivity index (χ4n) is 4.96. The van der Waals surface area contributed by atoms with Gasteiger partial charge in [0.1, 0.15) is 0 Å². The van der Waals surface area contributed by atoms with E-state index >= 15 is 0 Å². The zero-order valence-corrected chi connectivity index (χ0v) is 17.5. The number of carbonyl (C=O) groups excluding carboxylic acids is 2. The predicted molar refractivity (Wildman–Crippen MR) is 114 cm³/mol. The first-order valence-electron chi connectivity index (χ1n) is 10.3. The summed E-state index contributed by atoms with van der Waals surface area (Å²) in [6, 6.07) is 12.3. The molecule has 2 heterocycles.